The Morgan fingerprint density at radius 1 is 1.00 bits per heavy atom. The van der Waals surface area contributed by atoms with E-state index in [4.69, 9.17) is 9.47 Å². The third-order valence-corrected chi connectivity index (χ3v) is 7.20. The van der Waals surface area contributed by atoms with Gasteiger partial charge in [-0.05, 0) is 18.6 Å². The summed E-state index contributed by atoms with van der Waals surface area (Å²) in [5.74, 6) is -0.490. The quantitative estimate of drug-likeness (QED) is 0.593. The summed E-state index contributed by atoms with van der Waals surface area (Å²) in [7, 11) is -4.61. The number of sulfone groups is 1. The molecule has 0 unspecified atom stereocenters. The van der Waals surface area contributed by atoms with Crippen molar-refractivity contribution in [3.05, 3.63) is 24.3 Å². The summed E-state index contributed by atoms with van der Waals surface area (Å²) in [6.07, 6.45) is 0.300. The lowest BCUT2D eigenvalue weighted by molar-refractivity contribution is 0.251. The van der Waals surface area contributed by atoms with E-state index >= 15 is 0 Å². The minimum atomic E-state index is -4.53. The van der Waals surface area contributed by atoms with Crippen LogP contribution in [0.15, 0.2) is 34.1 Å². The summed E-state index contributed by atoms with van der Waals surface area (Å²) in [6, 6.07) is 3.59. The number of benzene rings is 1. The normalized spacial score (nSPS) is 11.6. The van der Waals surface area contributed by atoms with Crippen LogP contribution in [0.2, 0.25) is 0 Å². The van der Waals surface area contributed by atoms with E-state index in [-0.39, 0.29) is 23.7 Å². The van der Waals surface area contributed by atoms with Gasteiger partial charge in [0.2, 0.25) is 5.95 Å². The van der Waals surface area contributed by atoms with E-state index in [1.807, 2.05) is 4.72 Å². The molecule has 0 saturated carbocycles. The molecule has 0 radical (unpaired) electrons. The average molecular weight is 460 g/mol. The Morgan fingerprint density at radius 3 is 2.03 bits per heavy atom. The molecule has 2 aromatic rings. The minimum Gasteiger partial charge on any atom is -0.467 e. The van der Waals surface area contributed by atoms with Crippen LogP contribution in [0.25, 0.3) is 0 Å². The zero-order valence-corrected chi connectivity index (χ0v) is 18.3. The van der Waals surface area contributed by atoms with Gasteiger partial charge in [0, 0.05) is 7.05 Å². The molecule has 0 aliphatic rings. The standard InChI is InChI=1S/C16H21N5O7S2/c1-5-10-29(23,24)11-8-6-7-9-12(11)30(25,26)20-16(22)21(2)13-17-14(27-3)19-15(18-13)28-4/h6-9H,5,10H2,1-4H3,(H,20,22). The van der Waals surface area contributed by atoms with Gasteiger partial charge in [-0.3, -0.25) is 4.90 Å². The maximum absolute atomic E-state index is 12.8. The Bertz CT molecular complexity index is 1110. The summed E-state index contributed by atoms with van der Waals surface area (Å²) in [4.78, 5) is 23.9. The van der Waals surface area contributed by atoms with Crippen LogP contribution in [0.5, 0.6) is 12.0 Å². The Kier molecular flexibility index (Phi) is 7.15. The number of hydrogen-bond donors (Lipinski definition) is 1. The number of ether oxygens (including phenoxy) is 2. The molecule has 1 aromatic heterocycles. The predicted octanol–water partition coefficient (Wildman–Crippen LogP) is 0.607. The lowest BCUT2D eigenvalue weighted by Gasteiger charge is -2.17. The lowest BCUT2D eigenvalue weighted by Crippen LogP contribution is -2.42. The van der Waals surface area contributed by atoms with Crippen LogP contribution in [-0.4, -0.2) is 64.8 Å². The maximum Gasteiger partial charge on any atom is 0.337 e. The van der Waals surface area contributed by atoms with Crippen molar-refractivity contribution in [3.8, 4) is 12.0 Å². The fourth-order valence-corrected chi connectivity index (χ4v) is 5.49. The SMILES string of the molecule is CCCS(=O)(=O)c1ccccc1S(=O)(=O)NC(=O)N(C)c1nc(OC)nc(OC)n1. The highest BCUT2D eigenvalue weighted by atomic mass is 32.2. The van der Waals surface area contributed by atoms with E-state index in [9.17, 15) is 21.6 Å². The highest BCUT2D eigenvalue weighted by molar-refractivity contribution is 7.94. The van der Waals surface area contributed by atoms with Gasteiger partial charge < -0.3 is 9.47 Å². The number of aromatic nitrogens is 3. The van der Waals surface area contributed by atoms with Crippen molar-refractivity contribution >= 4 is 31.8 Å². The summed E-state index contributed by atoms with van der Waals surface area (Å²) in [5.41, 5.74) is 0. The van der Waals surface area contributed by atoms with Crippen molar-refractivity contribution < 1.29 is 31.1 Å². The zero-order valence-electron chi connectivity index (χ0n) is 16.7. The molecule has 0 saturated heterocycles. The first-order valence-electron chi connectivity index (χ1n) is 8.52. The molecule has 0 bridgehead atoms. The molecule has 0 spiro atoms. The molecular formula is C16H21N5O7S2. The smallest absolute Gasteiger partial charge is 0.337 e. The molecule has 2 amide bonds. The summed E-state index contributed by atoms with van der Waals surface area (Å²) in [6.45, 7) is 1.66. The highest BCUT2D eigenvalue weighted by Gasteiger charge is 2.29. The Hall–Kier alpha value is -3.00. The number of carbonyl (C=O) groups excluding carboxylic acids is 1. The fraction of sp³-hybridized carbons (Fsp3) is 0.375. The molecule has 1 N–H and O–H groups in total. The van der Waals surface area contributed by atoms with E-state index in [0.717, 1.165) is 11.0 Å². The number of anilines is 1. The highest BCUT2D eigenvalue weighted by Crippen LogP contribution is 2.23. The summed E-state index contributed by atoms with van der Waals surface area (Å²) < 4.78 is 62.0. The van der Waals surface area contributed by atoms with E-state index < -0.39 is 35.7 Å². The third kappa shape index (κ3) is 5.13. The number of nitrogens with zero attached hydrogens (tertiary/aromatic N) is 4. The van der Waals surface area contributed by atoms with Crippen LogP contribution in [-0.2, 0) is 19.9 Å². The second kappa shape index (κ2) is 9.21. The van der Waals surface area contributed by atoms with Gasteiger partial charge in [-0.1, -0.05) is 19.1 Å². The van der Waals surface area contributed by atoms with Gasteiger partial charge in [0.15, 0.2) is 9.84 Å². The van der Waals surface area contributed by atoms with Crippen LogP contribution in [0, 0.1) is 0 Å². The van der Waals surface area contributed by atoms with Crippen LogP contribution in [0.4, 0.5) is 10.7 Å². The zero-order chi connectivity index (χ0) is 22.5. The number of carbonyl (C=O) groups is 1. The van der Waals surface area contributed by atoms with E-state index in [1.165, 1.54) is 39.5 Å². The Morgan fingerprint density at radius 2 is 1.53 bits per heavy atom. The minimum absolute atomic E-state index is 0.157. The number of urea groups is 1. The molecule has 0 atom stereocenters. The maximum atomic E-state index is 12.8. The lowest BCUT2D eigenvalue weighted by atomic mass is 10.4. The molecule has 1 heterocycles. The van der Waals surface area contributed by atoms with Gasteiger partial charge in [0.25, 0.3) is 10.0 Å². The van der Waals surface area contributed by atoms with Gasteiger partial charge in [-0.15, -0.1) is 4.98 Å². The number of methoxy groups -OCH3 is 2. The van der Waals surface area contributed by atoms with E-state index in [2.05, 4.69) is 15.0 Å². The topological polar surface area (TPSA) is 158 Å². The Labute approximate surface area is 174 Å². The van der Waals surface area contributed by atoms with Crippen molar-refractivity contribution in [1.82, 2.24) is 19.7 Å². The average Bonchev–Trinajstić information content (AvgIpc) is 2.72. The number of hydrogen-bond acceptors (Lipinski definition) is 10. The molecule has 1 aromatic carbocycles. The van der Waals surface area contributed by atoms with Crippen molar-refractivity contribution in [2.45, 2.75) is 23.1 Å². The fourth-order valence-electron chi connectivity index (χ4n) is 2.30. The number of rotatable bonds is 8. The molecular weight excluding hydrogens is 438 g/mol. The predicted molar refractivity (Wildman–Crippen MR) is 106 cm³/mol. The third-order valence-electron chi connectivity index (χ3n) is 3.72. The van der Waals surface area contributed by atoms with E-state index in [0.29, 0.717) is 6.42 Å². The van der Waals surface area contributed by atoms with E-state index in [1.54, 1.807) is 6.92 Å². The first kappa shape index (κ1) is 23.3. The van der Waals surface area contributed by atoms with Crippen LogP contribution < -0.4 is 19.1 Å². The van der Waals surface area contributed by atoms with Crippen molar-refractivity contribution in [3.63, 3.8) is 0 Å². The number of nitrogens with one attached hydrogen (secondary N) is 1. The molecule has 14 heteroatoms. The van der Waals surface area contributed by atoms with Gasteiger partial charge >= 0.3 is 18.1 Å². The number of sulfonamides is 1. The van der Waals surface area contributed by atoms with Gasteiger partial charge in [-0.25, -0.2) is 26.4 Å². The van der Waals surface area contributed by atoms with Gasteiger partial charge in [-0.2, -0.15) is 9.97 Å². The van der Waals surface area contributed by atoms with Crippen molar-refractivity contribution in [1.29, 1.82) is 0 Å². The van der Waals surface area contributed by atoms with Crippen LogP contribution in [0.3, 0.4) is 0 Å². The molecule has 0 aliphatic heterocycles. The molecule has 30 heavy (non-hydrogen) atoms. The molecule has 164 valence electrons. The second-order valence-corrected chi connectivity index (χ2v) is 9.57. The molecule has 12 nitrogen and oxygen atoms in total. The molecule has 0 fully saturated rings. The molecule has 0 aliphatic carbocycles. The van der Waals surface area contributed by atoms with Crippen molar-refractivity contribution in [2.24, 2.45) is 0 Å². The first-order chi connectivity index (χ1) is 14.1. The van der Waals surface area contributed by atoms with Crippen LogP contribution >= 0.6 is 0 Å². The largest absolute Gasteiger partial charge is 0.467 e. The second-order valence-electron chi connectivity index (χ2n) is 5.84. The first-order valence-corrected chi connectivity index (χ1v) is 11.7. The van der Waals surface area contributed by atoms with Gasteiger partial charge in [0.1, 0.15) is 4.90 Å². The van der Waals surface area contributed by atoms with Crippen molar-refractivity contribution in [2.75, 3.05) is 31.9 Å². The molecule has 2 rings (SSSR count). The summed E-state index contributed by atoms with van der Waals surface area (Å²) in [5, 5.41) is 0. The van der Waals surface area contributed by atoms with Gasteiger partial charge in [0.05, 0.1) is 24.9 Å². The van der Waals surface area contributed by atoms with Crippen LogP contribution in [0.1, 0.15) is 13.3 Å². The summed E-state index contributed by atoms with van der Waals surface area (Å²) >= 11 is 0. The Balaban J connectivity index is 2.38. The number of amides is 2. The monoisotopic (exact) mass is 459 g/mol.